The van der Waals surface area contributed by atoms with E-state index in [2.05, 4.69) is 0 Å². The molecule has 2 nitrogen and oxygen atoms in total. The molecule has 0 bridgehead atoms. The third-order valence-electron chi connectivity index (χ3n) is 2.02. The first-order chi connectivity index (χ1) is 6.31. The Morgan fingerprint density at radius 1 is 1.14 bits per heavy atom. The molecular formula is C11H10MgO2. The number of carbonyl (C=O) groups excluding carboxylic acids is 1. The van der Waals surface area contributed by atoms with E-state index in [4.69, 9.17) is 0 Å². The Morgan fingerprint density at radius 2 is 1.71 bits per heavy atom. The van der Waals surface area contributed by atoms with Gasteiger partial charge in [-0.25, -0.2) is 0 Å². The van der Waals surface area contributed by atoms with Gasteiger partial charge in [0.15, 0.2) is 6.29 Å². The van der Waals surface area contributed by atoms with Crippen LogP contribution >= 0.6 is 0 Å². The number of benzene rings is 2. The average molecular weight is 199 g/mol. The quantitative estimate of drug-likeness (QED) is 0.563. The monoisotopic (exact) mass is 198 g/mol. The molecule has 1 N–H and O–H groups in total. The summed E-state index contributed by atoms with van der Waals surface area (Å²) in [4.78, 5) is 10.5. The summed E-state index contributed by atoms with van der Waals surface area (Å²) in [5.41, 5.74) is 0.332. The summed E-state index contributed by atoms with van der Waals surface area (Å²) < 4.78 is 0. The summed E-state index contributed by atoms with van der Waals surface area (Å²) in [6, 6.07) is 10.9. The molecule has 0 heterocycles. The summed E-state index contributed by atoms with van der Waals surface area (Å²) in [5, 5.41) is 11.3. The van der Waals surface area contributed by atoms with Gasteiger partial charge in [-0.15, -0.1) is 0 Å². The molecule has 2 rings (SSSR count). The van der Waals surface area contributed by atoms with E-state index in [1.165, 1.54) is 0 Å². The molecule has 0 spiro atoms. The van der Waals surface area contributed by atoms with Crippen LogP contribution in [-0.4, -0.2) is 34.4 Å². The van der Waals surface area contributed by atoms with Crippen LogP contribution in [0.15, 0.2) is 36.4 Å². The van der Waals surface area contributed by atoms with Crippen molar-refractivity contribution in [2.45, 2.75) is 0 Å². The predicted molar refractivity (Wildman–Crippen MR) is 59.0 cm³/mol. The van der Waals surface area contributed by atoms with Gasteiger partial charge in [0.2, 0.25) is 0 Å². The van der Waals surface area contributed by atoms with E-state index in [0.29, 0.717) is 11.8 Å². The van der Waals surface area contributed by atoms with Crippen LogP contribution in [0.2, 0.25) is 0 Å². The maximum atomic E-state index is 10.5. The fourth-order valence-corrected chi connectivity index (χ4v) is 1.34. The number of aldehydes is 1. The van der Waals surface area contributed by atoms with Gasteiger partial charge in [0.05, 0.1) is 5.56 Å². The molecule has 0 fully saturated rings. The van der Waals surface area contributed by atoms with Crippen LogP contribution in [0.5, 0.6) is 5.75 Å². The first kappa shape index (κ1) is 11.0. The molecule has 0 saturated heterocycles. The molecule has 3 heteroatoms. The number of aromatic hydroxyl groups is 1. The Kier molecular flexibility index (Phi) is 3.49. The van der Waals surface area contributed by atoms with E-state index in [-0.39, 0.29) is 31.7 Å². The second-order valence-corrected chi connectivity index (χ2v) is 2.88. The molecule has 14 heavy (non-hydrogen) atoms. The molecule has 0 aliphatic carbocycles. The largest absolute Gasteiger partial charge is 2.00 e. The standard InChI is InChI=1S/C11H8O2.Mg.2H/c12-7-10-5-8-3-1-2-4-9(8)6-11(10)13;;;/h1-7,13H;;;/q;+2;2*-1. The number of carbonyl (C=O) groups is 1. The molecule has 0 atom stereocenters. The first-order valence-corrected chi connectivity index (χ1v) is 3.98. The fraction of sp³-hybridized carbons (Fsp3) is 0. The summed E-state index contributed by atoms with van der Waals surface area (Å²) in [6.45, 7) is 0. The average Bonchev–Trinajstić information content (AvgIpc) is 2.17. The molecule has 2 aromatic rings. The Morgan fingerprint density at radius 3 is 2.29 bits per heavy atom. The first-order valence-electron chi connectivity index (χ1n) is 3.98. The zero-order chi connectivity index (χ0) is 9.26. The Balaban J connectivity index is 0. The third-order valence-corrected chi connectivity index (χ3v) is 2.02. The van der Waals surface area contributed by atoms with Crippen LogP contribution in [0.25, 0.3) is 10.8 Å². The van der Waals surface area contributed by atoms with Crippen molar-refractivity contribution in [3.05, 3.63) is 42.0 Å². The summed E-state index contributed by atoms with van der Waals surface area (Å²) >= 11 is 0. The summed E-state index contributed by atoms with van der Waals surface area (Å²) in [7, 11) is 0. The van der Waals surface area contributed by atoms with Crippen molar-refractivity contribution in [3.8, 4) is 5.75 Å². The molecule has 0 aromatic heterocycles. The molecule has 0 saturated carbocycles. The van der Waals surface area contributed by atoms with E-state index in [9.17, 15) is 9.90 Å². The Labute approximate surface area is 101 Å². The van der Waals surface area contributed by atoms with Crippen molar-refractivity contribution < 1.29 is 12.8 Å². The Hall–Kier alpha value is -1.06. The molecule has 0 aliphatic rings. The van der Waals surface area contributed by atoms with Crippen LogP contribution in [-0.2, 0) is 0 Å². The number of fused-ring (bicyclic) bond motifs is 1. The number of hydrogen-bond donors (Lipinski definition) is 1. The van der Waals surface area contributed by atoms with Gasteiger partial charge in [0, 0.05) is 0 Å². The van der Waals surface area contributed by atoms with Gasteiger partial charge in [0.25, 0.3) is 0 Å². The number of hydrogen-bond acceptors (Lipinski definition) is 2. The molecule has 0 amide bonds. The van der Waals surface area contributed by atoms with Crippen molar-refractivity contribution in [1.29, 1.82) is 0 Å². The van der Waals surface area contributed by atoms with Crippen molar-refractivity contribution >= 4 is 40.1 Å². The van der Waals surface area contributed by atoms with Gasteiger partial charge in [-0.05, 0) is 22.9 Å². The van der Waals surface area contributed by atoms with E-state index in [1.54, 1.807) is 12.1 Å². The topological polar surface area (TPSA) is 37.3 Å². The normalized spacial score (nSPS) is 9.43. The van der Waals surface area contributed by atoms with Crippen molar-refractivity contribution in [2.75, 3.05) is 0 Å². The van der Waals surface area contributed by atoms with Crippen LogP contribution in [0, 0.1) is 0 Å². The zero-order valence-electron chi connectivity index (χ0n) is 9.60. The molecule has 0 aliphatic heterocycles. The number of rotatable bonds is 1. The number of phenols is 1. The maximum Gasteiger partial charge on any atom is 2.00 e. The third kappa shape index (κ3) is 1.88. The van der Waals surface area contributed by atoms with Crippen LogP contribution < -0.4 is 0 Å². The van der Waals surface area contributed by atoms with Gasteiger partial charge >= 0.3 is 23.1 Å². The van der Waals surface area contributed by atoms with Gasteiger partial charge < -0.3 is 7.96 Å². The molecular weight excluding hydrogens is 188 g/mol. The van der Waals surface area contributed by atoms with E-state index in [0.717, 1.165) is 10.8 Å². The summed E-state index contributed by atoms with van der Waals surface area (Å²) in [6.07, 6.45) is 0.655. The smallest absolute Gasteiger partial charge is 1.00 e. The van der Waals surface area contributed by atoms with Gasteiger partial charge in [-0.3, -0.25) is 4.79 Å². The second-order valence-electron chi connectivity index (χ2n) is 2.88. The second kappa shape index (κ2) is 4.44. The minimum atomic E-state index is 0. The molecule has 0 unspecified atom stereocenters. The summed E-state index contributed by atoms with van der Waals surface area (Å²) in [5.74, 6) is 0.0358. The zero-order valence-corrected chi connectivity index (χ0v) is 9.02. The minimum absolute atomic E-state index is 0. The van der Waals surface area contributed by atoms with Crippen LogP contribution in [0.4, 0.5) is 0 Å². The predicted octanol–water partition coefficient (Wildman–Crippen LogP) is 2.20. The van der Waals surface area contributed by atoms with Gasteiger partial charge in [0.1, 0.15) is 5.75 Å². The minimum Gasteiger partial charge on any atom is -1.00 e. The van der Waals surface area contributed by atoms with Crippen molar-refractivity contribution in [1.82, 2.24) is 0 Å². The SMILES string of the molecule is O=Cc1cc2ccccc2cc1O.[H-].[H-].[Mg+2]. The Bertz CT molecular complexity index is 474. The van der Waals surface area contributed by atoms with E-state index >= 15 is 0 Å². The van der Waals surface area contributed by atoms with Crippen molar-refractivity contribution in [2.24, 2.45) is 0 Å². The van der Waals surface area contributed by atoms with Crippen molar-refractivity contribution in [3.63, 3.8) is 0 Å². The van der Waals surface area contributed by atoms with Gasteiger partial charge in [-0.2, -0.15) is 0 Å². The van der Waals surface area contributed by atoms with Crippen LogP contribution in [0.3, 0.4) is 0 Å². The fourth-order valence-electron chi connectivity index (χ4n) is 1.34. The van der Waals surface area contributed by atoms with Crippen LogP contribution in [0.1, 0.15) is 13.2 Å². The molecule has 68 valence electrons. The molecule has 2 aromatic carbocycles. The maximum absolute atomic E-state index is 10.5. The molecule has 0 radical (unpaired) electrons. The van der Waals surface area contributed by atoms with E-state index in [1.807, 2.05) is 24.3 Å². The van der Waals surface area contributed by atoms with Gasteiger partial charge in [-0.1, -0.05) is 24.3 Å². The van der Waals surface area contributed by atoms with E-state index < -0.39 is 0 Å². The number of phenolic OH excluding ortho intramolecular Hbond substituents is 1.